The second-order valence-electron chi connectivity index (χ2n) is 4.54. The van der Waals surface area contributed by atoms with Gasteiger partial charge in [0.15, 0.2) is 0 Å². The van der Waals surface area contributed by atoms with Gasteiger partial charge >= 0.3 is 0 Å². The number of hydrogen-bond donors (Lipinski definition) is 1. The molecule has 2 rings (SSSR count). The summed E-state index contributed by atoms with van der Waals surface area (Å²) in [5.74, 6) is 0. The van der Waals surface area contributed by atoms with Crippen molar-refractivity contribution >= 4 is 0 Å². The van der Waals surface area contributed by atoms with Crippen molar-refractivity contribution in [2.45, 2.75) is 33.0 Å². The van der Waals surface area contributed by atoms with E-state index < -0.39 is 0 Å². The SMILES string of the molecule is CNCc1cccn1Cc1cncn1C(C)C. The minimum absolute atomic E-state index is 0.454. The Morgan fingerprint density at radius 2 is 2.18 bits per heavy atom. The lowest BCUT2D eigenvalue weighted by atomic mass is 10.3. The molecule has 0 aromatic carbocycles. The molecule has 0 aliphatic rings. The molecule has 0 spiro atoms. The van der Waals surface area contributed by atoms with E-state index in [0.29, 0.717) is 6.04 Å². The van der Waals surface area contributed by atoms with E-state index in [-0.39, 0.29) is 0 Å². The van der Waals surface area contributed by atoms with E-state index in [4.69, 9.17) is 0 Å². The standard InChI is InChI=1S/C13H20N4/c1-11(2)17-10-15-8-13(17)9-16-6-4-5-12(16)7-14-3/h4-6,8,10-11,14H,7,9H2,1-3H3. The predicted molar refractivity (Wildman–Crippen MR) is 68.9 cm³/mol. The van der Waals surface area contributed by atoms with Crippen LogP contribution in [0.25, 0.3) is 0 Å². The van der Waals surface area contributed by atoms with Crippen molar-refractivity contribution in [2.24, 2.45) is 0 Å². The molecule has 0 saturated carbocycles. The van der Waals surface area contributed by atoms with Crippen molar-refractivity contribution in [2.75, 3.05) is 7.05 Å². The summed E-state index contributed by atoms with van der Waals surface area (Å²) in [6.07, 6.45) is 5.97. The maximum atomic E-state index is 4.23. The highest BCUT2D eigenvalue weighted by molar-refractivity contribution is 5.11. The van der Waals surface area contributed by atoms with Crippen LogP contribution in [0.15, 0.2) is 30.9 Å². The van der Waals surface area contributed by atoms with Crippen LogP contribution < -0.4 is 5.32 Å². The van der Waals surface area contributed by atoms with Gasteiger partial charge in [0.25, 0.3) is 0 Å². The van der Waals surface area contributed by atoms with Crippen molar-refractivity contribution in [3.05, 3.63) is 42.2 Å². The fourth-order valence-electron chi connectivity index (χ4n) is 2.04. The Kier molecular flexibility index (Phi) is 3.64. The summed E-state index contributed by atoms with van der Waals surface area (Å²) in [4.78, 5) is 4.23. The largest absolute Gasteiger partial charge is 0.344 e. The van der Waals surface area contributed by atoms with E-state index in [1.807, 2.05) is 19.6 Å². The molecule has 2 aromatic rings. The molecule has 92 valence electrons. The number of nitrogens with zero attached hydrogens (tertiary/aromatic N) is 3. The molecule has 0 aliphatic heterocycles. The first kappa shape index (κ1) is 11.9. The Morgan fingerprint density at radius 3 is 2.88 bits per heavy atom. The predicted octanol–water partition coefficient (Wildman–Crippen LogP) is 2.03. The van der Waals surface area contributed by atoms with Crippen molar-refractivity contribution in [3.8, 4) is 0 Å². The van der Waals surface area contributed by atoms with Gasteiger partial charge in [-0.25, -0.2) is 4.98 Å². The zero-order chi connectivity index (χ0) is 12.3. The van der Waals surface area contributed by atoms with Gasteiger partial charge in [-0.05, 0) is 33.0 Å². The van der Waals surface area contributed by atoms with Gasteiger partial charge in [0.05, 0.1) is 18.6 Å². The van der Waals surface area contributed by atoms with Crippen LogP contribution in [0.3, 0.4) is 0 Å². The highest BCUT2D eigenvalue weighted by atomic mass is 15.1. The van der Waals surface area contributed by atoms with Gasteiger partial charge in [-0.3, -0.25) is 0 Å². The van der Waals surface area contributed by atoms with E-state index >= 15 is 0 Å². The zero-order valence-electron chi connectivity index (χ0n) is 10.7. The number of rotatable bonds is 5. The van der Waals surface area contributed by atoms with Crippen molar-refractivity contribution in [1.29, 1.82) is 0 Å². The van der Waals surface area contributed by atoms with E-state index in [2.05, 4.69) is 51.6 Å². The van der Waals surface area contributed by atoms with Crippen molar-refractivity contribution in [1.82, 2.24) is 19.4 Å². The second-order valence-corrected chi connectivity index (χ2v) is 4.54. The molecule has 0 fully saturated rings. The monoisotopic (exact) mass is 232 g/mol. The Bertz CT molecular complexity index is 467. The normalized spacial score (nSPS) is 11.3. The molecule has 0 unspecified atom stereocenters. The average molecular weight is 232 g/mol. The lowest BCUT2D eigenvalue weighted by Crippen LogP contribution is -2.13. The third kappa shape index (κ3) is 2.58. The van der Waals surface area contributed by atoms with Gasteiger partial charge in [0.1, 0.15) is 0 Å². The first-order chi connectivity index (χ1) is 8.22. The number of imidazole rings is 1. The summed E-state index contributed by atoms with van der Waals surface area (Å²) in [7, 11) is 1.97. The Morgan fingerprint density at radius 1 is 1.35 bits per heavy atom. The number of aromatic nitrogens is 3. The maximum absolute atomic E-state index is 4.23. The van der Waals surface area contributed by atoms with Crippen LogP contribution in [0.2, 0.25) is 0 Å². The number of hydrogen-bond acceptors (Lipinski definition) is 2. The molecule has 17 heavy (non-hydrogen) atoms. The lowest BCUT2D eigenvalue weighted by molar-refractivity contribution is 0.555. The van der Waals surface area contributed by atoms with Crippen molar-refractivity contribution in [3.63, 3.8) is 0 Å². The summed E-state index contributed by atoms with van der Waals surface area (Å²) in [6.45, 7) is 6.12. The van der Waals surface area contributed by atoms with Gasteiger partial charge in [-0.2, -0.15) is 0 Å². The third-order valence-corrected chi connectivity index (χ3v) is 2.92. The van der Waals surface area contributed by atoms with E-state index in [1.165, 1.54) is 11.4 Å². The molecule has 0 radical (unpaired) electrons. The quantitative estimate of drug-likeness (QED) is 0.856. The molecule has 1 N–H and O–H groups in total. The van der Waals surface area contributed by atoms with Crippen LogP contribution in [-0.2, 0) is 13.1 Å². The van der Waals surface area contributed by atoms with Gasteiger partial charge < -0.3 is 14.5 Å². The molecule has 0 saturated heterocycles. The maximum Gasteiger partial charge on any atom is 0.0951 e. The molecule has 2 aromatic heterocycles. The second kappa shape index (κ2) is 5.19. The van der Waals surface area contributed by atoms with Crippen LogP contribution in [0.1, 0.15) is 31.3 Å². The molecule has 4 heteroatoms. The molecule has 0 aliphatic carbocycles. The molecule has 0 atom stereocenters. The Balaban J connectivity index is 2.19. The van der Waals surface area contributed by atoms with Gasteiger partial charge in [-0.1, -0.05) is 0 Å². The van der Waals surface area contributed by atoms with E-state index in [0.717, 1.165) is 13.1 Å². The Labute approximate surface area is 102 Å². The summed E-state index contributed by atoms with van der Waals surface area (Å²) in [5, 5.41) is 3.18. The highest BCUT2D eigenvalue weighted by Crippen LogP contribution is 2.12. The van der Waals surface area contributed by atoms with Crippen LogP contribution >= 0.6 is 0 Å². The molecule has 0 bridgehead atoms. The van der Waals surface area contributed by atoms with Crippen LogP contribution in [0.4, 0.5) is 0 Å². The summed E-state index contributed by atoms with van der Waals surface area (Å²) in [5.41, 5.74) is 2.54. The first-order valence-corrected chi connectivity index (χ1v) is 6.01. The minimum atomic E-state index is 0.454. The van der Waals surface area contributed by atoms with Crippen LogP contribution in [-0.4, -0.2) is 21.2 Å². The van der Waals surface area contributed by atoms with Gasteiger partial charge in [-0.15, -0.1) is 0 Å². The molecule has 0 amide bonds. The fourth-order valence-corrected chi connectivity index (χ4v) is 2.04. The summed E-state index contributed by atoms with van der Waals surface area (Å²) >= 11 is 0. The Hall–Kier alpha value is -1.55. The molecular weight excluding hydrogens is 212 g/mol. The summed E-state index contributed by atoms with van der Waals surface area (Å²) < 4.78 is 4.47. The average Bonchev–Trinajstić information content (AvgIpc) is 2.89. The zero-order valence-corrected chi connectivity index (χ0v) is 10.7. The number of nitrogens with one attached hydrogen (secondary N) is 1. The minimum Gasteiger partial charge on any atom is -0.344 e. The van der Waals surface area contributed by atoms with Gasteiger partial charge in [0, 0.05) is 30.7 Å². The molecule has 2 heterocycles. The van der Waals surface area contributed by atoms with E-state index in [9.17, 15) is 0 Å². The molecular formula is C13H20N4. The summed E-state index contributed by atoms with van der Waals surface area (Å²) in [6, 6.07) is 4.69. The third-order valence-electron chi connectivity index (χ3n) is 2.92. The highest BCUT2D eigenvalue weighted by Gasteiger charge is 2.07. The van der Waals surface area contributed by atoms with Gasteiger partial charge in [0.2, 0.25) is 0 Å². The van der Waals surface area contributed by atoms with E-state index in [1.54, 1.807) is 0 Å². The smallest absolute Gasteiger partial charge is 0.0951 e. The first-order valence-electron chi connectivity index (χ1n) is 6.01. The van der Waals surface area contributed by atoms with Crippen LogP contribution in [0, 0.1) is 0 Å². The molecule has 4 nitrogen and oxygen atoms in total. The topological polar surface area (TPSA) is 34.8 Å². The van der Waals surface area contributed by atoms with Crippen molar-refractivity contribution < 1.29 is 0 Å². The lowest BCUT2D eigenvalue weighted by Gasteiger charge is -2.14. The van der Waals surface area contributed by atoms with Crippen LogP contribution in [0.5, 0.6) is 0 Å². The fraction of sp³-hybridized carbons (Fsp3) is 0.462.